The van der Waals surface area contributed by atoms with E-state index in [0.29, 0.717) is 40.2 Å². The van der Waals surface area contributed by atoms with Crippen molar-refractivity contribution in [2.75, 3.05) is 7.11 Å². The summed E-state index contributed by atoms with van der Waals surface area (Å²) in [4.78, 5) is 16.2. The van der Waals surface area contributed by atoms with Gasteiger partial charge in [0, 0.05) is 17.0 Å². The lowest BCUT2D eigenvalue weighted by molar-refractivity contribution is -0.139. The van der Waals surface area contributed by atoms with E-state index in [1.807, 2.05) is 0 Å². The Balaban J connectivity index is 2.02. The molecule has 1 aliphatic rings. The van der Waals surface area contributed by atoms with Gasteiger partial charge in [0.1, 0.15) is 12.2 Å². The maximum absolute atomic E-state index is 11.6. The molecule has 140 valence electrons. The SMILES string of the molecule is COC(=O)Cc1nc([C@H]2CC[C@@H](O)[C@H](N)C2)n(-c2ccc(Cl)cc2Cl)n1. The highest BCUT2D eigenvalue weighted by molar-refractivity contribution is 6.35. The minimum atomic E-state index is -0.517. The number of ether oxygens (including phenoxy) is 1. The molecule has 3 atom stereocenters. The number of carbonyl (C=O) groups is 1. The summed E-state index contributed by atoms with van der Waals surface area (Å²) in [5, 5.41) is 15.3. The second kappa shape index (κ2) is 7.92. The van der Waals surface area contributed by atoms with Gasteiger partial charge < -0.3 is 15.6 Å². The third-order valence-electron chi connectivity index (χ3n) is 4.57. The van der Waals surface area contributed by atoms with Gasteiger partial charge in [0.2, 0.25) is 0 Å². The van der Waals surface area contributed by atoms with E-state index in [9.17, 15) is 9.90 Å². The molecule has 2 aromatic rings. The standard InChI is InChI=1S/C17H20Cl2N4O3/c1-26-16(25)8-15-21-17(9-2-5-14(24)12(20)6-9)23(22-15)13-4-3-10(18)7-11(13)19/h3-4,7,9,12,14,24H,2,5-6,8,20H2,1H3/t9-,12+,14+/m0/s1. The van der Waals surface area contributed by atoms with Crippen LogP contribution in [-0.4, -0.2) is 45.1 Å². The van der Waals surface area contributed by atoms with Crippen LogP contribution in [0, 0.1) is 0 Å². The Morgan fingerprint density at radius 1 is 1.42 bits per heavy atom. The molecule has 0 unspecified atom stereocenters. The molecule has 0 aliphatic heterocycles. The summed E-state index contributed by atoms with van der Waals surface area (Å²) in [5.41, 5.74) is 6.65. The molecule has 1 saturated carbocycles. The Kier molecular flexibility index (Phi) is 5.82. The van der Waals surface area contributed by atoms with Crippen molar-refractivity contribution >= 4 is 29.2 Å². The van der Waals surface area contributed by atoms with Crippen LogP contribution in [0.4, 0.5) is 0 Å². The molecule has 1 aromatic carbocycles. The molecule has 0 amide bonds. The van der Waals surface area contributed by atoms with Crippen molar-refractivity contribution < 1.29 is 14.6 Å². The second-order valence-electron chi connectivity index (χ2n) is 6.39. The number of hydrogen-bond acceptors (Lipinski definition) is 6. The molecule has 3 N–H and O–H groups in total. The van der Waals surface area contributed by atoms with Crippen LogP contribution in [0.1, 0.15) is 36.8 Å². The van der Waals surface area contributed by atoms with Gasteiger partial charge in [0.25, 0.3) is 0 Å². The molecule has 3 rings (SSSR count). The summed E-state index contributed by atoms with van der Waals surface area (Å²) in [6.45, 7) is 0. The van der Waals surface area contributed by atoms with Crippen molar-refractivity contribution in [3.63, 3.8) is 0 Å². The minimum absolute atomic E-state index is 0.000887. The molecule has 9 heteroatoms. The summed E-state index contributed by atoms with van der Waals surface area (Å²) >= 11 is 12.3. The van der Waals surface area contributed by atoms with Crippen LogP contribution in [0.2, 0.25) is 10.0 Å². The van der Waals surface area contributed by atoms with E-state index in [1.165, 1.54) is 7.11 Å². The smallest absolute Gasteiger partial charge is 0.313 e. The van der Waals surface area contributed by atoms with Crippen molar-refractivity contribution in [1.29, 1.82) is 0 Å². The van der Waals surface area contributed by atoms with Crippen LogP contribution in [-0.2, 0) is 16.0 Å². The minimum Gasteiger partial charge on any atom is -0.469 e. The number of hydrogen-bond donors (Lipinski definition) is 2. The highest BCUT2D eigenvalue weighted by Gasteiger charge is 2.31. The largest absolute Gasteiger partial charge is 0.469 e. The third kappa shape index (κ3) is 4.01. The van der Waals surface area contributed by atoms with E-state index in [4.69, 9.17) is 33.7 Å². The first kappa shape index (κ1) is 19.1. The van der Waals surface area contributed by atoms with Crippen LogP contribution in [0.25, 0.3) is 5.69 Å². The number of methoxy groups -OCH3 is 1. The van der Waals surface area contributed by atoms with Gasteiger partial charge in [-0.05, 0) is 37.5 Å². The van der Waals surface area contributed by atoms with Crippen LogP contribution < -0.4 is 5.73 Å². The summed E-state index contributed by atoms with van der Waals surface area (Å²) in [6.07, 6.45) is 1.32. The fourth-order valence-electron chi connectivity index (χ4n) is 3.16. The highest BCUT2D eigenvalue weighted by Crippen LogP contribution is 2.34. The summed E-state index contributed by atoms with van der Waals surface area (Å²) in [5.74, 6) is 0.582. The maximum Gasteiger partial charge on any atom is 0.313 e. The first-order valence-electron chi connectivity index (χ1n) is 8.30. The molecular weight excluding hydrogens is 379 g/mol. The van der Waals surface area contributed by atoms with Crippen LogP contribution in [0.15, 0.2) is 18.2 Å². The topological polar surface area (TPSA) is 103 Å². The van der Waals surface area contributed by atoms with Gasteiger partial charge in [-0.15, -0.1) is 0 Å². The summed E-state index contributed by atoms with van der Waals surface area (Å²) < 4.78 is 6.33. The molecule has 1 aliphatic carbocycles. The Morgan fingerprint density at radius 2 is 2.19 bits per heavy atom. The number of nitrogens with two attached hydrogens (primary N) is 1. The predicted octanol–water partition coefficient (Wildman–Crippen LogP) is 2.25. The Labute approximate surface area is 161 Å². The van der Waals surface area contributed by atoms with Crippen molar-refractivity contribution in [2.45, 2.75) is 43.7 Å². The first-order chi connectivity index (χ1) is 12.4. The predicted molar refractivity (Wildman–Crippen MR) is 97.7 cm³/mol. The van der Waals surface area contributed by atoms with E-state index in [1.54, 1.807) is 22.9 Å². The molecule has 1 aromatic heterocycles. The number of carbonyl (C=O) groups excluding carboxylic acids is 1. The highest BCUT2D eigenvalue weighted by atomic mass is 35.5. The normalized spacial score (nSPS) is 23.0. The van der Waals surface area contributed by atoms with Crippen LogP contribution >= 0.6 is 23.2 Å². The number of esters is 1. The molecule has 0 radical (unpaired) electrons. The molecule has 0 bridgehead atoms. The molecule has 0 saturated heterocycles. The zero-order valence-corrected chi connectivity index (χ0v) is 15.7. The molecule has 1 fully saturated rings. The molecule has 26 heavy (non-hydrogen) atoms. The van der Waals surface area contributed by atoms with E-state index in [-0.39, 0.29) is 18.4 Å². The van der Waals surface area contributed by atoms with Gasteiger partial charge in [0.15, 0.2) is 5.82 Å². The van der Waals surface area contributed by atoms with Crippen LogP contribution in [0.5, 0.6) is 0 Å². The number of rotatable bonds is 4. The lowest BCUT2D eigenvalue weighted by atomic mass is 9.83. The number of halogens is 2. The fourth-order valence-corrected chi connectivity index (χ4v) is 3.65. The molecule has 7 nitrogen and oxygen atoms in total. The lowest BCUT2D eigenvalue weighted by Crippen LogP contribution is -2.40. The van der Waals surface area contributed by atoms with Crippen molar-refractivity contribution in [2.24, 2.45) is 5.73 Å². The summed E-state index contributed by atoms with van der Waals surface area (Å²) in [7, 11) is 1.32. The van der Waals surface area contributed by atoms with E-state index >= 15 is 0 Å². The van der Waals surface area contributed by atoms with Crippen molar-refractivity contribution in [3.8, 4) is 5.69 Å². The monoisotopic (exact) mass is 398 g/mol. The van der Waals surface area contributed by atoms with Crippen molar-refractivity contribution in [3.05, 3.63) is 39.9 Å². The number of benzene rings is 1. The zero-order chi connectivity index (χ0) is 18.8. The third-order valence-corrected chi connectivity index (χ3v) is 5.11. The van der Waals surface area contributed by atoms with Gasteiger partial charge in [-0.3, -0.25) is 4.79 Å². The van der Waals surface area contributed by atoms with Gasteiger partial charge in [0.05, 0.1) is 23.9 Å². The van der Waals surface area contributed by atoms with Crippen molar-refractivity contribution in [1.82, 2.24) is 14.8 Å². The number of aliphatic hydroxyl groups is 1. The Bertz CT molecular complexity index is 811. The quantitative estimate of drug-likeness (QED) is 0.765. The summed E-state index contributed by atoms with van der Waals surface area (Å²) in [6, 6.07) is 4.76. The molecule has 0 spiro atoms. The van der Waals surface area contributed by atoms with E-state index < -0.39 is 12.1 Å². The molecular formula is C17H20Cl2N4O3. The van der Waals surface area contributed by atoms with Gasteiger partial charge in [-0.2, -0.15) is 5.10 Å². The molecule has 1 heterocycles. The number of aromatic nitrogens is 3. The van der Waals surface area contributed by atoms with Gasteiger partial charge in [-0.25, -0.2) is 9.67 Å². The average molecular weight is 399 g/mol. The lowest BCUT2D eigenvalue weighted by Gasteiger charge is -2.30. The first-order valence-corrected chi connectivity index (χ1v) is 9.06. The fraction of sp³-hybridized carbons (Fsp3) is 0.471. The van der Waals surface area contributed by atoms with E-state index in [0.717, 1.165) is 6.42 Å². The van der Waals surface area contributed by atoms with E-state index in [2.05, 4.69) is 10.1 Å². The number of aliphatic hydroxyl groups excluding tert-OH is 1. The Morgan fingerprint density at radius 3 is 2.85 bits per heavy atom. The maximum atomic E-state index is 11.6. The van der Waals surface area contributed by atoms with Gasteiger partial charge >= 0.3 is 5.97 Å². The Hall–Kier alpha value is -1.67. The average Bonchev–Trinajstić information content (AvgIpc) is 3.00. The second-order valence-corrected chi connectivity index (χ2v) is 7.23. The van der Waals surface area contributed by atoms with Crippen LogP contribution in [0.3, 0.4) is 0 Å². The zero-order valence-electron chi connectivity index (χ0n) is 14.2. The number of nitrogens with zero attached hydrogens (tertiary/aromatic N) is 3. The van der Waals surface area contributed by atoms with Gasteiger partial charge in [-0.1, -0.05) is 23.2 Å².